The molecule has 0 aromatic heterocycles. The molecule has 0 radical (unpaired) electrons. The fourth-order valence-electron chi connectivity index (χ4n) is 1.42. The van der Waals surface area contributed by atoms with Crippen LogP contribution in [-0.2, 0) is 4.79 Å². The summed E-state index contributed by atoms with van der Waals surface area (Å²) in [4.78, 5) is 22.5. The van der Waals surface area contributed by atoms with E-state index in [4.69, 9.17) is 9.84 Å². The molecule has 0 bridgehead atoms. The van der Waals surface area contributed by atoms with Gasteiger partial charge in [0.2, 0.25) is 0 Å². The normalized spacial score (nSPS) is 11.5. The molecule has 6 nitrogen and oxygen atoms in total. The molecule has 19 heavy (non-hydrogen) atoms. The van der Waals surface area contributed by atoms with E-state index in [0.29, 0.717) is 17.9 Å². The van der Waals surface area contributed by atoms with Crippen molar-refractivity contribution in [3.05, 3.63) is 22.7 Å². The number of urea groups is 1. The van der Waals surface area contributed by atoms with Gasteiger partial charge in [-0.25, -0.2) is 9.59 Å². The zero-order valence-corrected chi connectivity index (χ0v) is 12.2. The van der Waals surface area contributed by atoms with Crippen molar-refractivity contribution in [3.8, 4) is 5.75 Å². The quantitative estimate of drug-likeness (QED) is 0.773. The lowest BCUT2D eigenvalue weighted by atomic mass is 10.2. The summed E-state index contributed by atoms with van der Waals surface area (Å²) in [6, 6.07) is 3.58. The Morgan fingerprint density at radius 2 is 2.11 bits per heavy atom. The van der Waals surface area contributed by atoms with Gasteiger partial charge in [-0.3, -0.25) is 0 Å². The highest BCUT2D eigenvalue weighted by Crippen LogP contribution is 2.24. The number of rotatable bonds is 5. The third kappa shape index (κ3) is 4.78. The van der Waals surface area contributed by atoms with Crippen molar-refractivity contribution in [3.63, 3.8) is 0 Å². The van der Waals surface area contributed by atoms with Crippen molar-refractivity contribution >= 4 is 33.6 Å². The van der Waals surface area contributed by atoms with Gasteiger partial charge in [-0.05, 0) is 18.6 Å². The minimum absolute atomic E-state index is 0.310. The first-order valence-electron chi connectivity index (χ1n) is 5.61. The number of ether oxygens (including phenoxy) is 1. The highest BCUT2D eigenvalue weighted by Gasteiger charge is 2.17. The first kappa shape index (κ1) is 15.3. The molecule has 2 amide bonds. The number of nitrogens with one attached hydrogen (secondary N) is 2. The molecule has 0 aliphatic carbocycles. The maximum atomic E-state index is 11.7. The smallest absolute Gasteiger partial charge is 0.326 e. The molecule has 3 N–H and O–H groups in total. The summed E-state index contributed by atoms with van der Waals surface area (Å²) in [5.41, 5.74) is 0.504. The van der Waals surface area contributed by atoms with Crippen LogP contribution in [0.3, 0.4) is 0 Å². The first-order valence-corrected chi connectivity index (χ1v) is 6.40. The summed E-state index contributed by atoms with van der Waals surface area (Å²) in [6.07, 6.45) is 0.310. The lowest BCUT2D eigenvalue weighted by molar-refractivity contribution is -0.139. The molecule has 1 aromatic carbocycles. The van der Waals surface area contributed by atoms with Crippen molar-refractivity contribution in [1.29, 1.82) is 0 Å². The minimum atomic E-state index is -1.07. The van der Waals surface area contributed by atoms with Crippen molar-refractivity contribution < 1.29 is 19.4 Å². The Balaban J connectivity index is 2.71. The summed E-state index contributed by atoms with van der Waals surface area (Å²) >= 11 is 3.29. The number of carbonyl (C=O) groups is 2. The Kier molecular flexibility index (Phi) is 5.62. The number of methoxy groups -OCH3 is 1. The summed E-state index contributed by atoms with van der Waals surface area (Å²) in [5.74, 6) is -0.487. The van der Waals surface area contributed by atoms with Crippen LogP contribution in [0.1, 0.15) is 13.3 Å². The number of amides is 2. The first-order chi connectivity index (χ1) is 8.96. The molecule has 7 heteroatoms. The Morgan fingerprint density at radius 1 is 1.42 bits per heavy atom. The van der Waals surface area contributed by atoms with Gasteiger partial charge in [-0.2, -0.15) is 0 Å². The molecule has 0 aliphatic heterocycles. The second-order valence-electron chi connectivity index (χ2n) is 3.78. The van der Waals surface area contributed by atoms with Crippen molar-refractivity contribution in [2.75, 3.05) is 12.4 Å². The molecule has 0 spiro atoms. The zero-order valence-electron chi connectivity index (χ0n) is 10.6. The van der Waals surface area contributed by atoms with Crippen LogP contribution in [-0.4, -0.2) is 30.3 Å². The Hall–Kier alpha value is -1.76. The minimum Gasteiger partial charge on any atom is -0.497 e. The molecule has 104 valence electrons. The Bertz CT molecular complexity index is 479. The topological polar surface area (TPSA) is 87.7 Å². The van der Waals surface area contributed by atoms with Crippen LogP contribution < -0.4 is 15.4 Å². The molecule has 1 unspecified atom stereocenters. The van der Waals surface area contributed by atoms with Gasteiger partial charge in [0.05, 0.1) is 7.11 Å². The SMILES string of the molecule is CCC(NC(=O)Nc1cc(Br)cc(OC)c1)C(=O)O. The van der Waals surface area contributed by atoms with Gasteiger partial charge in [-0.1, -0.05) is 22.9 Å². The van der Waals surface area contributed by atoms with Crippen molar-refractivity contribution in [1.82, 2.24) is 5.32 Å². The van der Waals surface area contributed by atoms with Gasteiger partial charge < -0.3 is 20.5 Å². The van der Waals surface area contributed by atoms with Gasteiger partial charge in [0.1, 0.15) is 11.8 Å². The molecule has 0 saturated carbocycles. The summed E-state index contributed by atoms with van der Waals surface area (Å²) < 4.78 is 5.80. The number of hydrogen-bond acceptors (Lipinski definition) is 3. The Morgan fingerprint density at radius 3 is 2.63 bits per heavy atom. The molecule has 0 fully saturated rings. The number of carbonyl (C=O) groups excluding carboxylic acids is 1. The van der Waals surface area contributed by atoms with Crippen LogP contribution in [0.25, 0.3) is 0 Å². The number of carboxylic acids is 1. The van der Waals surface area contributed by atoms with E-state index in [2.05, 4.69) is 26.6 Å². The molecule has 1 atom stereocenters. The van der Waals surface area contributed by atoms with Crippen LogP contribution in [0.5, 0.6) is 5.75 Å². The van der Waals surface area contributed by atoms with E-state index in [1.807, 2.05) is 0 Å². The maximum absolute atomic E-state index is 11.7. The van der Waals surface area contributed by atoms with Crippen LogP contribution >= 0.6 is 15.9 Å². The number of hydrogen-bond donors (Lipinski definition) is 3. The van der Waals surface area contributed by atoms with E-state index in [1.54, 1.807) is 25.1 Å². The summed E-state index contributed by atoms with van der Waals surface area (Å²) in [7, 11) is 1.52. The van der Waals surface area contributed by atoms with Gasteiger partial charge >= 0.3 is 12.0 Å². The third-order valence-electron chi connectivity index (χ3n) is 2.38. The van der Waals surface area contributed by atoms with E-state index in [0.717, 1.165) is 4.47 Å². The molecule has 1 rings (SSSR count). The summed E-state index contributed by atoms with van der Waals surface area (Å²) in [5, 5.41) is 13.8. The van der Waals surface area contributed by atoms with Crippen LogP contribution in [0.2, 0.25) is 0 Å². The van der Waals surface area contributed by atoms with Crippen molar-refractivity contribution in [2.24, 2.45) is 0 Å². The van der Waals surface area contributed by atoms with E-state index in [-0.39, 0.29) is 0 Å². The lowest BCUT2D eigenvalue weighted by Gasteiger charge is -2.13. The van der Waals surface area contributed by atoms with Gasteiger partial charge in [0, 0.05) is 16.2 Å². The van der Waals surface area contributed by atoms with Crippen molar-refractivity contribution in [2.45, 2.75) is 19.4 Å². The molecule has 0 saturated heterocycles. The monoisotopic (exact) mass is 330 g/mol. The number of carboxylic acid groups (broad SMARTS) is 1. The number of anilines is 1. The largest absolute Gasteiger partial charge is 0.497 e. The number of benzene rings is 1. The van der Waals surface area contributed by atoms with E-state index < -0.39 is 18.0 Å². The second-order valence-corrected chi connectivity index (χ2v) is 4.69. The molecule has 1 aromatic rings. The predicted molar refractivity (Wildman–Crippen MR) is 74.6 cm³/mol. The molecular weight excluding hydrogens is 316 g/mol. The fraction of sp³-hybridized carbons (Fsp3) is 0.333. The fourth-order valence-corrected chi connectivity index (χ4v) is 1.89. The maximum Gasteiger partial charge on any atom is 0.326 e. The standard InChI is InChI=1S/C12H15BrN2O4/c1-3-10(11(16)17)15-12(18)14-8-4-7(13)5-9(6-8)19-2/h4-6,10H,3H2,1-2H3,(H,16,17)(H2,14,15,18). The number of halogens is 1. The van der Waals surface area contributed by atoms with E-state index in [1.165, 1.54) is 7.11 Å². The Labute approximate surface area is 119 Å². The average Bonchev–Trinajstić information content (AvgIpc) is 2.34. The van der Waals surface area contributed by atoms with Gasteiger partial charge in [0.15, 0.2) is 0 Å². The zero-order chi connectivity index (χ0) is 14.4. The van der Waals surface area contributed by atoms with Crippen LogP contribution in [0, 0.1) is 0 Å². The van der Waals surface area contributed by atoms with Crippen LogP contribution in [0.15, 0.2) is 22.7 Å². The lowest BCUT2D eigenvalue weighted by Crippen LogP contribution is -2.42. The van der Waals surface area contributed by atoms with Gasteiger partial charge in [0.25, 0.3) is 0 Å². The summed E-state index contributed by atoms with van der Waals surface area (Å²) in [6.45, 7) is 1.68. The van der Waals surface area contributed by atoms with Crippen LogP contribution in [0.4, 0.5) is 10.5 Å². The third-order valence-corrected chi connectivity index (χ3v) is 2.83. The highest BCUT2D eigenvalue weighted by atomic mass is 79.9. The number of aliphatic carboxylic acids is 1. The highest BCUT2D eigenvalue weighted by molar-refractivity contribution is 9.10. The average molecular weight is 331 g/mol. The predicted octanol–water partition coefficient (Wildman–Crippen LogP) is 2.44. The van der Waals surface area contributed by atoms with E-state index >= 15 is 0 Å². The van der Waals surface area contributed by atoms with Gasteiger partial charge in [-0.15, -0.1) is 0 Å². The molecule has 0 aliphatic rings. The van der Waals surface area contributed by atoms with E-state index in [9.17, 15) is 9.59 Å². The second kappa shape index (κ2) is 6.98. The molecule has 0 heterocycles. The molecular formula is C12H15BrN2O4.